The van der Waals surface area contributed by atoms with Crippen LogP contribution in [-0.4, -0.2) is 59.9 Å². The van der Waals surface area contributed by atoms with Crippen molar-refractivity contribution < 1.29 is 21.7 Å². The van der Waals surface area contributed by atoms with Crippen molar-refractivity contribution in [2.45, 2.75) is 61.3 Å². The van der Waals surface area contributed by atoms with Crippen LogP contribution in [0.2, 0.25) is 0 Å². The number of sulfonamides is 2. The molecule has 28 heavy (non-hydrogen) atoms. The largest absolute Gasteiger partial charge is 0.334 e. The van der Waals surface area contributed by atoms with Gasteiger partial charge in [-0.15, -0.1) is 0 Å². The summed E-state index contributed by atoms with van der Waals surface area (Å²) in [6, 6.07) is 5.64. The van der Waals surface area contributed by atoms with Gasteiger partial charge in [0, 0.05) is 25.4 Å². The molecule has 0 saturated carbocycles. The minimum Gasteiger partial charge on any atom is -0.334 e. The molecule has 1 aromatic rings. The Hall–Kier alpha value is -1.00. The summed E-state index contributed by atoms with van der Waals surface area (Å²) in [4.78, 5) is 1.69. The van der Waals surface area contributed by atoms with Crippen LogP contribution in [0.4, 0.5) is 0 Å². The quantitative estimate of drug-likeness (QED) is 0.632. The lowest BCUT2D eigenvalue weighted by atomic mass is 10.0. The molecule has 1 atom stereocenters. The number of nitrogens with one attached hydrogen (secondary N) is 2. The zero-order valence-electron chi connectivity index (χ0n) is 16.6. The van der Waals surface area contributed by atoms with Gasteiger partial charge in [-0.05, 0) is 43.5 Å². The lowest BCUT2D eigenvalue weighted by molar-refractivity contribution is -0.886. The molecule has 2 fully saturated rings. The monoisotopic (exact) mass is 430 g/mol. The second-order valence-electron chi connectivity index (χ2n) is 7.75. The molecule has 0 aromatic heterocycles. The summed E-state index contributed by atoms with van der Waals surface area (Å²) in [6.07, 6.45) is 5.99. The maximum Gasteiger partial charge on any atom is 0.243 e. The molecule has 1 aromatic carbocycles. The van der Waals surface area contributed by atoms with E-state index in [0.717, 1.165) is 45.3 Å². The number of benzene rings is 1. The highest BCUT2D eigenvalue weighted by molar-refractivity contribution is 7.89. The minimum atomic E-state index is -3.63. The van der Waals surface area contributed by atoms with Crippen molar-refractivity contribution in [2.75, 3.05) is 32.7 Å². The Balaban J connectivity index is 1.67. The molecule has 2 aliphatic rings. The molecule has 2 heterocycles. The zero-order valence-corrected chi connectivity index (χ0v) is 18.2. The number of quaternary nitrogens is 1. The highest BCUT2D eigenvalue weighted by atomic mass is 32.2. The number of hydrogen-bond donors (Lipinski definition) is 2. The van der Waals surface area contributed by atoms with E-state index in [-0.39, 0.29) is 15.8 Å². The van der Waals surface area contributed by atoms with Crippen molar-refractivity contribution in [3.8, 4) is 0 Å². The molecule has 0 radical (unpaired) electrons. The summed E-state index contributed by atoms with van der Waals surface area (Å²) in [5.74, 6) is 0. The fraction of sp³-hybridized carbons (Fsp3) is 0.684. The van der Waals surface area contributed by atoms with Crippen LogP contribution in [0.25, 0.3) is 0 Å². The lowest BCUT2D eigenvalue weighted by Gasteiger charge is -2.34. The Labute approximate surface area is 169 Å². The second-order valence-corrected chi connectivity index (χ2v) is 11.4. The summed E-state index contributed by atoms with van der Waals surface area (Å²) in [5, 5.41) is 0. The Kier molecular flexibility index (Phi) is 7.14. The van der Waals surface area contributed by atoms with Gasteiger partial charge in [0.15, 0.2) is 0 Å². The van der Waals surface area contributed by atoms with Gasteiger partial charge in [-0.25, -0.2) is 21.6 Å². The summed E-state index contributed by atoms with van der Waals surface area (Å²) in [6.45, 7) is 5.90. The van der Waals surface area contributed by atoms with Gasteiger partial charge < -0.3 is 4.90 Å². The van der Waals surface area contributed by atoms with E-state index in [1.165, 1.54) is 42.0 Å². The van der Waals surface area contributed by atoms with Gasteiger partial charge in [0.1, 0.15) is 0 Å². The molecule has 0 unspecified atom stereocenters. The first kappa shape index (κ1) is 21.7. The van der Waals surface area contributed by atoms with E-state index in [4.69, 9.17) is 0 Å². The SMILES string of the molecule is CC[C@@H]1CCCCN1S(=O)(=O)c1ccc(S(=O)(=O)NCC[NH+]2CCCC2)cc1. The third-order valence-electron chi connectivity index (χ3n) is 5.87. The molecule has 3 rings (SSSR count). The molecule has 158 valence electrons. The highest BCUT2D eigenvalue weighted by Crippen LogP contribution is 2.27. The predicted octanol–water partition coefficient (Wildman–Crippen LogP) is 0.597. The third kappa shape index (κ3) is 4.94. The van der Waals surface area contributed by atoms with Crippen LogP contribution < -0.4 is 9.62 Å². The molecule has 0 amide bonds. The second kappa shape index (κ2) is 9.21. The number of piperidine rings is 1. The summed E-state index contributed by atoms with van der Waals surface area (Å²) >= 11 is 0. The first-order chi connectivity index (χ1) is 13.3. The third-order valence-corrected chi connectivity index (χ3v) is 9.31. The van der Waals surface area contributed by atoms with Gasteiger partial charge in [-0.2, -0.15) is 4.31 Å². The number of likely N-dealkylation sites (tertiary alicyclic amines) is 1. The fourth-order valence-corrected chi connectivity index (χ4v) is 6.99. The first-order valence-corrected chi connectivity index (χ1v) is 13.2. The molecule has 2 saturated heterocycles. The molecular formula is C19H32N3O4S2+. The maximum absolute atomic E-state index is 13.0. The van der Waals surface area contributed by atoms with E-state index in [1.807, 2.05) is 6.92 Å². The van der Waals surface area contributed by atoms with Crippen molar-refractivity contribution in [3.63, 3.8) is 0 Å². The number of rotatable bonds is 8. The molecule has 0 aliphatic carbocycles. The number of hydrogen-bond acceptors (Lipinski definition) is 4. The Morgan fingerprint density at radius 3 is 2.29 bits per heavy atom. The normalized spacial score (nSPS) is 22.5. The summed E-state index contributed by atoms with van der Waals surface area (Å²) in [5.41, 5.74) is 0. The van der Waals surface area contributed by atoms with Crippen molar-refractivity contribution >= 4 is 20.0 Å². The van der Waals surface area contributed by atoms with Gasteiger partial charge in [-0.1, -0.05) is 13.3 Å². The maximum atomic E-state index is 13.0. The summed E-state index contributed by atoms with van der Waals surface area (Å²) < 4.78 is 55.2. The smallest absolute Gasteiger partial charge is 0.243 e. The fourth-order valence-electron chi connectivity index (χ4n) is 4.20. The average molecular weight is 431 g/mol. The van der Waals surface area contributed by atoms with Gasteiger partial charge in [0.25, 0.3) is 0 Å². The standard InChI is InChI=1S/C19H31N3O4S2/c1-2-17-7-3-4-15-22(17)28(25,26)19-10-8-18(9-11-19)27(23,24)20-12-16-21-13-5-6-14-21/h8-11,17,20H,2-7,12-16H2,1H3/p+1/t17-/m1/s1. The first-order valence-electron chi connectivity index (χ1n) is 10.3. The van der Waals surface area contributed by atoms with E-state index in [0.29, 0.717) is 13.1 Å². The molecule has 0 spiro atoms. The number of nitrogens with zero attached hydrogens (tertiary/aromatic N) is 1. The van der Waals surface area contributed by atoms with Crippen LogP contribution in [0.15, 0.2) is 34.1 Å². The Bertz CT molecular complexity index is 848. The van der Waals surface area contributed by atoms with E-state index >= 15 is 0 Å². The van der Waals surface area contributed by atoms with E-state index in [1.54, 1.807) is 4.31 Å². The molecule has 2 N–H and O–H groups in total. The summed E-state index contributed by atoms with van der Waals surface area (Å²) in [7, 11) is -7.23. The van der Waals surface area contributed by atoms with Crippen LogP contribution in [0, 0.1) is 0 Å². The van der Waals surface area contributed by atoms with Crippen molar-refractivity contribution in [1.82, 2.24) is 9.03 Å². The van der Waals surface area contributed by atoms with Gasteiger partial charge in [0.2, 0.25) is 20.0 Å². The van der Waals surface area contributed by atoms with Crippen molar-refractivity contribution in [3.05, 3.63) is 24.3 Å². The Morgan fingerprint density at radius 2 is 1.64 bits per heavy atom. The van der Waals surface area contributed by atoms with Crippen LogP contribution in [-0.2, 0) is 20.0 Å². The average Bonchev–Trinajstić information content (AvgIpc) is 3.21. The van der Waals surface area contributed by atoms with Crippen LogP contribution in [0.3, 0.4) is 0 Å². The van der Waals surface area contributed by atoms with Crippen LogP contribution in [0.5, 0.6) is 0 Å². The zero-order chi connectivity index (χ0) is 20.2. The molecule has 2 aliphatic heterocycles. The molecule has 9 heteroatoms. The molecule has 7 nitrogen and oxygen atoms in total. The minimum absolute atomic E-state index is 0.0249. The van der Waals surface area contributed by atoms with Crippen LogP contribution >= 0.6 is 0 Å². The molecular weight excluding hydrogens is 398 g/mol. The van der Waals surface area contributed by atoms with Crippen LogP contribution in [0.1, 0.15) is 45.4 Å². The predicted molar refractivity (Wildman–Crippen MR) is 108 cm³/mol. The molecule has 0 bridgehead atoms. The van der Waals surface area contributed by atoms with E-state index < -0.39 is 20.0 Å². The van der Waals surface area contributed by atoms with Crippen molar-refractivity contribution in [2.24, 2.45) is 0 Å². The van der Waals surface area contributed by atoms with Crippen molar-refractivity contribution in [1.29, 1.82) is 0 Å². The van der Waals surface area contributed by atoms with Gasteiger partial charge in [0.05, 0.1) is 36.0 Å². The van der Waals surface area contributed by atoms with Gasteiger partial charge in [-0.3, -0.25) is 0 Å². The van der Waals surface area contributed by atoms with E-state index in [2.05, 4.69) is 4.72 Å². The lowest BCUT2D eigenvalue weighted by Crippen LogP contribution is -3.10. The Morgan fingerprint density at radius 1 is 1.00 bits per heavy atom. The topological polar surface area (TPSA) is 88.0 Å². The van der Waals surface area contributed by atoms with Gasteiger partial charge >= 0.3 is 0 Å². The van der Waals surface area contributed by atoms with E-state index in [9.17, 15) is 16.8 Å². The highest BCUT2D eigenvalue weighted by Gasteiger charge is 2.32.